The number of carbonyl (C=O) groups excluding carboxylic acids is 4. The maximum absolute atomic E-state index is 12.6. The molecule has 0 bridgehead atoms. The summed E-state index contributed by atoms with van der Waals surface area (Å²) in [6.45, 7) is 0.642. The molecule has 32 heavy (non-hydrogen) atoms. The number of hydrogen-bond acceptors (Lipinski definition) is 7. The van der Waals surface area contributed by atoms with Crippen molar-refractivity contribution in [1.29, 1.82) is 0 Å². The molecule has 9 heteroatoms. The van der Waals surface area contributed by atoms with Crippen molar-refractivity contribution >= 4 is 23.4 Å². The Kier molecular flexibility index (Phi) is 4.70. The van der Waals surface area contributed by atoms with E-state index in [0.29, 0.717) is 27.9 Å². The highest BCUT2D eigenvalue weighted by Crippen LogP contribution is 2.22. The van der Waals surface area contributed by atoms with Crippen molar-refractivity contribution in [3.63, 3.8) is 0 Å². The van der Waals surface area contributed by atoms with Gasteiger partial charge in [0.1, 0.15) is 5.69 Å². The first-order valence-electron chi connectivity index (χ1n) is 10.0. The zero-order valence-corrected chi connectivity index (χ0v) is 16.8. The fourth-order valence-electron chi connectivity index (χ4n) is 3.81. The normalized spacial score (nSPS) is 15.0. The molecule has 1 aliphatic carbocycles. The quantitative estimate of drug-likeness (QED) is 0.595. The van der Waals surface area contributed by atoms with Crippen LogP contribution in [0.15, 0.2) is 66.5 Å². The molecule has 9 nitrogen and oxygen atoms in total. The largest absolute Gasteiger partial charge is 0.376 e. The Balaban J connectivity index is 1.20. The van der Waals surface area contributed by atoms with E-state index < -0.39 is 0 Å². The maximum atomic E-state index is 12.6. The summed E-state index contributed by atoms with van der Waals surface area (Å²) >= 11 is 0. The zero-order chi connectivity index (χ0) is 22.2. The van der Waals surface area contributed by atoms with Gasteiger partial charge < -0.3 is 5.32 Å². The second kappa shape index (κ2) is 7.69. The topological polar surface area (TPSA) is 114 Å². The molecule has 2 amide bonds. The molecule has 1 aromatic heterocycles. The van der Waals surface area contributed by atoms with Crippen LogP contribution in [0.5, 0.6) is 0 Å². The molecular weight excluding hydrogens is 410 g/mol. The second-order valence-corrected chi connectivity index (χ2v) is 7.43. The molecule has 3 aromatic rings. The van der Waals surface area contributed by atoms with Crippen LogP contribution in [0.1, 0.15) is 47.1 Å². The van der Waals surface area contributed by atoms with Crippen LogP contribution in [-0.4, -0.2) is 49.8 Å². The molecule has 0 atom stereocenters. The van der Waals surface area contributed by atoms with Crippen LogP contribution in [0, 0.1) is 0 Å². The first-order chi connectivity index (χ1) is 15.5. The summed E-state index contributed by atoms with van der Waals surface area (Å²) in [6, 6.07) is 13.4. The summed E-state index contributed by atoms with van der Waals surface area (Å²) in [5.74, 6) is -1.12. The zero-order valence-electron chi connectivity index (χ0n) is 16.8. The van der Waals surface area contributed by atoms with Gasteiger partial charge in [-0.3, -0.25) is 28.8 Å². The molecule has 2 aliphatic rings. The van der Waals surface area contributed by atoms with E-state index in [-0.39, 0.29) is 48.7 Å². The number of allylic oxidation sites excluding steroid dienone is 2. The molecule has 1 aliphatic heterocycles. The van der Waals surface area contributed by atoms with Crippen LogP contribution in [-0.2, 0) is 13.1 Å². The van der Waals surface area contributed by atoms with E-state index in [1.807, 2.05) is 0 Å². The third-order valence-electron chi connectivity index (χ3n) is 5.43. The third kappa shape index (κ3) is 3.29. The number of fused-ring (bicyclic) bond motifs is 2. The number of rotatable bonds is 6. The van der Waals surface area contributed by atoms with Gasteiger partial charge in [0.15, 0.2) is 5.78 Å². The predicted molar refractivity (Wildman–Crippen MR) is 112 cm³/mol. The van der Waals surface area contributed by atoms with Crippen LogP contribution in [0.3, 0.4) is 0 Å². The summed E-state index contributed by atoms with van der Waals surface area (Å²) < 4.78 is 1.53. The Morgan fingerprint density at radius 3 is 2.09 bits per heavy atom. The van der Waals surface area contributed by atoms with Crippen molar-refractivity contribution in [2.75, 3.05) is 6.54 Å². The van der Waals surface area contributed by atoms with E-state index in [1.54, 1.807) is 54.7 Å². The van der Waals surface area contributed by atoms with Crippen LogP contribution in [0.25, 0.3) is 0 Å². The minimum atomic E-state index is -0.319. The highest BCUT2D eigenvalue weighted by atomic mass is 16.2. The fourth-order valence-corrected chi connectivity index (χ4v) is 3.81. The Bertz CT molecular complexity index is 1290. The van der Waals surface area contributed by atoms with E-state index in [4.69, 9.17) is 0 Å². The molecule has 2 heterocycles. The van der Waals surface area contributed by atoms with Gasteiger partial charge >= 0.3 is 0 Å². The molecule has 1 N–H and O–H groups in total. The Labute approximate surface area is 182 Å². The van der Waals surface area contributed by atoms with E-state index in [9.17, 15) is 19.2 Å². The first-order valence-corrected chi connectivity index (χ1v) is 10.0. The lowest BCUT2D eigenvalue weighted by Crippen LogP contribution is -2.33. The van der Waals surface area contributed by atoms with Gasteiger partial charge in [0.2, 0.25) is 5.78 Å². The van der Waals surface area contributed by atoms with Crippen molar-refractivity contribution in [3.8, 4) is 0 Å². The molecule has 5 rings (SSSR count). The molecular formula is C23H17N5O4. The van der Waals surface area contributed by atoms with E-state index in [2.05, 4.69) is 15.6 Å². The summed E-state index contributed by atoms with van der Waals surface area (Å²) in [7, 11) is 0. The number of ketones is 2. The molecule has 2 aromatic carbocycles. The summed E-state index contributed by atoms with van der Waals surface area (Å²) in [5, 5.41) is 11.0. The van der Waals surface area contributed by atoms with Gasteiger partial charge in [0.25, 0.3) is 11.8 Å². The minimum absolute atomic E-state index is 0.164. The van der Waals surface area contributed by atoms with Crippen molar-refractivity contribution < 1.29 is 19.2 Å². The number of carbonyl (C=O) groups is 4. The van der Waals surface area contributed by atoms with Crippen molar-refractivity contribution in [2.45, 2.75) is 13.1 Å². The maximum Gasteiger partial charge on any atom is 0.261 e. The van der Waals surface area contributed by atoms with Gasteiger partial charge in [-0.1, -0.05) is 41.6 Å². The second-order valence-electron chi connectivity index (χ2n) is 7.43. The highest BCUT2D eigenvalue weighted by molar-refractivity contribution is 6.24. The summed E-state index contributed by atoms with van der Waals surface area (Å²) in [4.78, 5) is 50.9. The summed E-state index contributed by atoms with van der Waals surface area (Å²) in [5.41, 5.74) is 2.32. The number of aromatic nitrogens is 3. The molecule has 158 valence electrons. The first kappa shape index (κ1) is 19.6. The van der Waals surface area contributed by atoms with Crippen molar-refractivity contribution in [3.05, 3.63) is 94.4 Å². The van der Waals surface area contributed by atoms with Gasteiger partial charge in [0.05, 0.1) is 36.1 Å². The van der Waals surface area contributed by atoms with Crippen molar-refractivity contribution in [1.82, 2.24) is 25.2 Å². The SMILES string of the molecule is O=C1C=C(NCc2cn(CCN3C(=O)c4ccccc4C3=O)nn2)C(=O)c2ccccc21. The van der Waals surface area contributed by atoms with Crippen LogP contribution in [0.4, 0.5) is 0 Å². The van der Waals surface area contributed by atoms with Gasteiger partial charge in [-0.15, -0.1) is 5.10 Å². The lowest BCUT2D eigenvalue weighted by molar-refractivity contribution is 0.0646. The number of hydrogen-bond donors (Lipinski definition) is 1. The van der Waals surface area contributed by atoms with E-state index in [1.165, 1.54) is 15.7 Å². The number of imide groups is 1. The molecule has 0 saturated heterocycles. The standard InChI is InChI=1S/C23H17N5O4/c29-20-11-19(21(30)16-6-2-1-5-15(16)20)24-12-14-13-27(26-25-14)9-10-28-22(31)17-7-3-4-8-18(17)23(28)32/h1-8,11,13,24H,9-10,12H2. The van der Waals surface area contributed by atoms with Crippen LogP contribution < -0.4 is 5.32 Å². The molecule has 0 saturated carbocycles. The monoisotopic (exact) mass is 427 g/mol. The van der Waals surface area contributed by atoms with Gasteiger partial charge in [-0.05, 0) is 12.1 Å². The lowest BCUT2D eigenvalue weighted by Gasteiger charge is -2.15. The highest BCUT2D eigenvalue weighted by Gasteiger charge is 2.34. The van der Waals surface area contributed by atoms with Gasteiger partial charge in [0, 0.05) is 23.7 Å². The lowest BCUT2D eigenvalue weighted by atomic mass is 9.93. The smallest absolute Gasteiger partial charge is 0.261 e. The Morgan fingerprint density at radius 2 is 1.41 bits per heavy atom. The van der Waals surface area contributed by atoms with E-state index >= 15 is 0 Å². The number of nitrogens with zero attached hydrogens (tertiary/aromatic N) is 4. The average molecular weight is 427 g/mol. The number of amides is 2. The molecule has 0 spiro atoms. The Hall–Kier alpha value is -4.40. The van der Waals surface area contributed by atoms with E-state index in [0.717, 1.165) is 0 Å². The summed E-state index contributed by atoms with van der Waals surface area (Å²) in [6.07, 6.45) is 2.95. The van der Waals surface area contributed by atoms with Gasteiger partial charge in [-0.2, -0.15) is 0 Å². The number of benzene rings is 2. The predicted octanol–water partition coefficient (Wildman–Crippen LogP) is 1.63. The molecule has 0 radical (unpaired) electrons. The van der Waals surface area contributed by atoms with Gasteiger partial charge in [-0.25, -0.2) is 0 Å². The molecule has 0 unspecified atom stereocenters. The van der Waals surface area contributed by atoms with Crippen LogP contribution in [0.2, 0.25) is 0 Å². The number of nitrogens with one attached hydrogen (secondary N) is 1. The minimum Gasteiger partial charge on any atom is -0.376 e. The van der Waals surface area contributed by atoms with Crippen molar-refractivity contribution in [2.24, 2.45) is 0 Å². The fraction of sp³-hybridized carbons (Fsp3) is 0.130. The Morgan fingerprint density at radius 1 is 0.781 bits per heavy atom. The average Bonchev–Trinajstić information content (AvgIpc) is 3.37. The van der Waals surface area contributed by atoms with Crippen LogP contribution >= 0.6 is 0 Å². The molecule has 0 fully saturated rings. The third-order valence-corrected chi connectivity index (χ3v) is 5.43. The number of Topliss-reactive ketones (excluding diaryl/α,β-unsaturated/α-hetero) is 1.